The molecule has 0 radical (unpaired) electrons. The van der Waals surface area contributed by atoms with Gasteiger partial charge in [-0.1, -0.05) is 18.2 Å². The number of amides is 1. The Balaban J connectivity index is 1.60. The first kappa shape index (κ1) is 13.7. The molecule has 0 atom stereocenters. The van der Waals surface area contributed by atoms with Gasteiger partial charge >= 0.3 is 0 Å². The van der Waals surface area contributed by atoms with Crippen molar-refractivity contribution in [3.63, 3.8) is 0 Å². The van der Waals surface area contributed by atoms with Crippen molar-refractivity contribution in [1.82, 2.24) is 15.1 Å². The van der Waals surface area contributed by atoms with Crippen molar-refractivity contribution in [2.45, 2.75) is 19.3 Å². The second-order valence-electron chi connectivity index (χ2n) is 5.36. The van der Waals surface area contributed by atoms with Gasteiger partial charge in [0.15, 0.2) is 0 Å². The summed E-state index contributed by atoms with van der Waals surface area (Å²) < 4.78 is 1.63. The van der Waals surface area contributed by atoms with Crippen LogP contribution in [0, 0.1) is 0 Å². The summed E-state index contributed by atoms with van der Waals surface area (Å²) in [4.78, 5) is 11.9. The summed E-state index contributed by atoms with van der Waals surface area (Å²) in [6, 6.07) is 8.13. The molecule has 1 aliphatic heterocycles. The van der Waals surface area contributed by atoms with Crippen molar-refractivity contribution in [1.29, 1.82) is 0 Å². The average molecular weight is 284 g/mol. The van der Waals surface area contributed by atoms with Crippen LogP contribution in [0.3, 0.4) is 0 Å². The number of fused-ring (bicyclic) bond motifs is 1. The van der Waals surface area contributed by atoms with Gasteiger partial charge in [0.1, 0.15) is 5.69 Å². The molecule has 0 bridgehead atoms. The molecule has 1 aromatic heterocycles. The quantitative estimate of drug-likeness (QED) is 0.899. The molecule has 0 unspecified atom stereocenters. The highest BCUT2D eigenvalue weighted by molar-refractivity contribution is 5.92. The number of aromatic nitrogens is 2. The number of hydrogen-bond acceptors (Lipinski definition) is 3. The van der Waals surface area contributed by atoms with Gasteiger partial charge in [-0.15, -0.1) is 0 Å². The number of benzene rings is 1. The average Bonchev–Trinajstić information content (AvgIpc) is 2.94. The summed E-state index contributed by atoms with van der Waals surface area (Å²) in [5.41, 5.74) is 4.38. The first-order valence-electron chi connectivity index (χ1n) is 7.36. The molecular formula is C16H20N4O. The van der Waals surface area contributed by atoms with Crippen molar-refractivity contribution in [2.75, 3.05) is 18.4 Å². The zero-order valence-corrected chi connectivity index (χ0v) is 12.2. The molecule has 21 heavy (non-hydrogen) atoms. The van der Waals surface area contributed by atoms with Gasteiger partial charge in [-0.05, 0) is 36.5 Å². The fraction of sp³-hybridized carbons (Fsp3) is 0.375. The van der Waals surface area contributed by atoms with E-state index < -0.39 is 0 Å². The van der Waals surface area contributed by atoms with Crippen LogP contribution < -0.4 is 10.6 Å². The molecule has 3 rings (SSSR count). The second kappa shape index (κ2) is 5.99. The fourth-order valence-corrected chi connectivity index (χ4v) is 2.73. The molecule has 0 saturated carbocycles. The summed E-state index contributed by atoms with van der Waals surface area (Å²) >= 11 is 0. The number of rotatable bonds is 4. The Labute approximate surface area is 124 Å². The van der Waals surface area contributed by atoms with Gasteiger partial charge < -0.3 is 10.6 Å². The molecule has 110 valence electrons. The van der Waals surface area contributed by atoms with Crippen LogP contribution in [0.15, 0.2) is 30.5 Å². The molecule has 5 heteroatoms. The normalized spacial score (nSPS) is 13.4. The Morgan fingerprint density at radius 2 is 2.33 bits per heavy atom. The molecule has 1 amide bonds. The third-order valence-corrected chi connectivity index (χ3v) is 3.79. The third kappa shape index (κ3) is 3.07. The van der Waals surface area contributed by atoms with Gasteiger partial charge in [-0.3, -0.25) is 9.48 Å². The molecule has 0 saturated heterocycles. The molecular weight excluding hydrogens is 264 g/mol. The van der Waals surface area contributed by atoms with E-state index in [1.54, 1.807) is 24.0 Å². The predicted octanol–water partition coefficient (Wildman–Crippen LogP) is 1.75. The Morgan fingerprint density at radius 1 is 1.43 bits per heavy atom. The van der Waals surface area contributed by atoms with Crippen LogP contribution in [-0.2, 0) is 19.9 Å². The molecule has 1 aromatic carbocycles. The number of nitrogens with one attached hydrogen (secondary N) is 2. The van der Waals surface area contributed by atoms with Crippen molar-refractivity contribution in [3.8, 4) is 0 Å². The summed E-state index contributed by atoms with van der Waals surface area (Å²) in [7, 11) is 1.80. The lowest BCUT2D eigenvalue weighted by Crippen LogP contribution is -2.26. The smallest absolute Gasteiger partial charge is 0.271 e. The number of anilines is 1. The Bertz CT molecular complexity index is 647. The topological polar surface area (TPSA) is 59.0 Å². The van der Waals surface area contributed by atoms with Crippen molar-refractivity contribution < 1.29 is 4.79 Å². The van der Waals surface area contributed by atoms with Crippen LogP contribution in [0.4, 0.5) is 5.69 Å². The lowest BCUT2D eigenvalue weighted by Gasteiger charge is -2.21. The third-order valence-electron chi connectivity index (χ3n) is 3.79. The van der Waals surface area contributed by atoms with Gasteiger partial charge in [0, 0.05) is 32.0 Å². The van der Waals surface area contributed by atoms with E-state index in [0.29, 0.717) is 12.2 Å². The van der Waals surface area contributed by atoms with Crippen LogP contribution in [-0.4, -0.2) is 28.8 Å². The Morgan fingerprint density at radius 3 is 3.14 bits per heavy atom. The minimum atomic E-state index is -0.117. The highest BCUT2D eigenvalue weighted by Crippen LogP contribution is 2.26. The molecule has 1 aliphatic rings. The summed E-state index contributed by atoms with van der Waals surface area (Å²) in [6.45, 7) is 1.65. The monoisotopic (exact) mass is 284 g/mol. The molecule has 2 aromatic rings. The minimum absolute atomic E-state index is 0.117. The van der Waals surface area contributed by atoms with E-state index in [-0.39, 0.29) is 5.91 Å². The number of aryl methyl sites for hydroxylation is 2. The molecule has 5 nitrogen and oxygen atoms in total. The SMILES string of the molecule is Cn1ccc(C(=O)NCCc2cccc3c2NCCC3)n1. The molecule has 2 heterocycles. The number of nitrogens with zero attached hydrogens (tertiary/aromatic N) is 2. The van der Waals surface area contributed by atoms with E-state index in [1.165, 1.54) is 23.2 Å². The number of carbonyl (C=O) groups is 1. The maximum absolute atomic E-state index is 11.9. The van der Waals surface area contributed by atoms with Crippen molar-refractivity contribution in [2.24, 2.45) is 7.05 Å². The summed E-state index contributed by atoms with van der Waals surface area (Å²) in [6.07, 6.45) is 4.92. The van der Waals surface area contributed by atoms with E-state index in [2.05, 4.69) is 33.9 Å². The summed E-state index contributed by atoms with van der Waals surface area (Å²) in [5, 5.41) is 10.5. The first-order chi connectivity index (χ1) is 10.2. The Hall–Kier alpha value is -2.30. The van der Waals surface area contributed by atoms with Gasteiger partial charge in [0.2, 0.25) is 0 Å². The first-order valence-corrected chi connectivity index (χ1v) is 7.36. The number of para-hydroxylation sites is 1. The summed E-state index contributed by atoms with van der Waals surface area (Å²) in [5.74, 6) is -0.117. The van der Waals surface area contributed by atoms with Gasteiger partial charge in [0.05, 0.1) is 0 Å². The number of carbonyl (C=O) groups excluding carboxylic acids is 1. The predicted molar refractivity (Wildman–Crippen MR) is 82.5 cm³/mol. The van der Waals surface area contributed by atoms with E-state index in [1.807, 2.05) is 0 Å². The highest BCUT2D eigenvalue weighted by atomic mass is 16.1. The molecule has 2 N–H and O–H groups in total. The van der Waals surface area contributed by atoms with Crippen molar-refractivity contribution in [3.05, 3.63) is 47.3 Å². The van der Waals surface area contributed by atoms with E-state index in [9.17, 15) is 4.79 Å². The van der Waals surface area contributed by atoms with Crippen LogP contribution in [0.5, 0.6) is 0 Å². The highest BCUT2D eigenvalue weighted by Gasteiger charge is 2.13. The van der Waals surface area contributed by atoms with Crippen LogP contribution in [0.1, 0.15) is 28.0 Å². The second-order valence-corrected chi connectivity index (χ2v) is 5.36. The van der Waals surface area contributed by atoms with Gasteiger partial charge in [-0.25, -0.2) is 0 Å². The van der Waals surface area contributed by atoms with Crippen LogP contribution >= 0.6 is 0 Å². The molecule has 0 aliphatic carbocycles. The number of hydrogen-bond donors (Lipinski definition) is 2. The minimum Gasteiger partial charge on any atom is -0.385 e. The van der Waals surface area contributed by atoms with Crippen LogP contribution in [0.2, 0.25) is 0 Å². The van der Waals surface area contributed by atoms with Gasteiger partial charge in [0.25, 0.3) is 5.91 Å². The lowest BCUT2D eigenvalue weighted by atomic mass is 9.98. The largest absolute Gasteiger partial charge is 0.385 e. The van der Waals surface area contributed by atoms with E-state index in [4.69, 9.17) is 0 Å². The maximum Gasteiger partial charge on any atom is 0.271 e. The van der Waals surface area contributed by atoms with Gasteiger partial charge in [-0.2, -0.15) is 5.10 Å². The van der Waals surface area contributed by atoms with E-state index in [0.717, 1.165) is 19.4 Å². The molecule has 0 fully saturated rings. The van der Waals surface area contributed by atoms with Crippen LogP contribution in [0.25, 0.3) is 0 Å². The Kier molecular flexibility index (Phi) is 3.90. The zero-order chi connectivity index (χ0) is 14.7. The van der Waals surface area contributed by atoms with E-state index >= 15 is 0 Å². The zero-order valence-electron chi connectivity index (χ0n) is 12.2. The fourth-order valence-electron chi connectivity index (χ4n) is 2.73. The molecule has 0 spiro atoms. The standard InChI is InChI=1S/C16H20N4O/c1-20-11-8-14(19-20)16(21)18-10-7-13-5-2-4-12-6-3-9-17-15(12)13/h2,4-5,8,11,17H,3,6-7,9-10H2,1H3,(H,18,21). The van der Waals surface area contributed by atoms with Crippen molar-refractivity contribution >= 4 is 11.6 Å². The maximum atomic E-state index is 11.9. The lowest BCUT2D eigenvalue weighted by molar-refractivity contribution is 0.0948.